The van der Waals surface area contributed by atoms with E-state index in [0.29, 0.717) is 5.92 Å². The van der Waals surface area contributed by atoms with E-state index in [2.05, 4.69) is 15.0 Å². The lowest BCUT2D eigenvalue weighted by molar-refractivity contribution is -0.274. The first-order valence-corrected chi connectivity index (χ1v) is 8.32. The Morgan fingerprint density at radius 3 is 2.28 bits per heavy atom. The SMILES string of the molecule is Cl.Cl.FC(F)(F)Oc1ccc([C@@H](C2CCC2)N2CCNCC2)cc1Cl. The van der Waals surface area contributed by atoms with E-state index >= 15 is 0 Å². The number of halogens is 6. The normalized spacial score (nSPS) is 20.0. The summed E-state index contributed by atoms with van der Waals surface area (Å²) in [6, 6.07) is 4.91. The molecule has 1 heterocycles. The van der Waals surface area contributed by atoms with Crippen LogP contribution in [0.5, 0.6) is 5.75 Å². The maximum Gasteiger partial charge on any atom is 0.573 e. The Balaban J connectivity index is 0.00000156. The summed E-state index contributed by atoms with van der Waals surface area (Å²) < 4.78 is 41.1. The number of alkyl halides is 3. The fourth-order valence-corrected chi connectivity index (χ4v) is 3.63. The molecule has 3 rings (SSSR count). The molecule has 3 nitrogen and oxygen atoms in total. The summed E-state index contributed by atoms with van der Waals surface area (Å²) in [5.74, 6) is 0.217. The molecule has 0 spiro atoms. The number of nitrogens with zero attached hydrogens (tertiary/aromatic N) is 1. The van der Waals surface area contributed by atoms with Crippen LogP contribution >= 0.6 is 36.4 Å². The van der Waals surface area contributed by atoms with Crippen LogP contribution in [0.1, 0.15) is 30.9 Å². The molecule has 144 valence electrons. The van der Waals surface area contributed by atoms with E-state index in [0.717, 1.165) is 44.6 Å². The van der Waals surface area contributed by atoms with Crippen LogP contribution in [0.4, 0.5) is 13.2 Å². The Labute approximate surface area is 163 Å². The molecule has 1 atom stereocenters. The van der Waals surface area contributed by atoms with Crippen molar-refractivity contribution in [3.05, 3.63) is 28.8 Å². The van der Waals surface area contributed by atoms with Gasteiger partial charge in [0.05, 0.1) is 5.02 Å². The van der Waals surface area contributed by atoms with E-state index in [1.807, 2.05) is 0 Å². The molecule has 1 aliphatic heterocycles. The third-order valence-corrected chi connectivity index (χ3v) is 4.96. The second-order valence-corrected chi connectivity index (χ2v) is 6.57. The lowest BCUT2D eigenvalue weighted by Crippen LogP contribution is -2.47. The van der Waals surface area contributed by atoms with Gasteiger partial charge in [-0.25, -0.2) is 0 Å². The third kappa shape index (κ3) is 5.79. The van der Waals surface area contributed by atoms with Crippen molar-refractivity contribution >= 4 is 36.4 Å². The lowest BCUT2D eigenvalue weighted by atomic mass is 9.76. The molecule has 2 aliphatic rings. The van der Waals surface area contributed by atoms with Gasteiger partial charge in [0, 0.05) is 32.2 Å². The van der Waals surface area contributed by atoms with Crippen LogP contribution in [0, 0.1) is 5.92 Å². The minimum absolute atomic E-state index is 0. The number of ether oxygens (including phenoxy) is 1. The fraction of sp³-hybridized carbons (Fsp3) is 0.625. The van der Waals surface area contributed by atoms with Crippen LogP contribution in [0.25, 0.3) is 0 Å². The molecule has 0 aromatic heterocycles. The van der Waals surface area contributed by atoms with Gasteiger partial charge in [0.15, 0.2) is 0 Å². The first kappa shape index (κ1) is 22.6. The van der Waals surface area contributed by atoms with Crippen LogP contribution in [-0.4, -0.2) is 37.4 Å². The summed E-state index contributed by atoms with van der Waals surface area (Å²) in [5.41, 5.74) is 0.983. The zero-order chi connectivity index (χ0) is 16.4. The Hall–Kier alpha value is -0.400. The maximum atomic E-state index is 12.4. The summed E-state index contributed by atoms with van der Waals surface area (Å²) in [6.07, 6.45) is -1.19. The van der Waals surface area contributed by atoms with Gasteiger partial charge in [-0.05, 0) is 36.5 Å². The van der Waals surface area contributed by atoms with E-state index in [1.165, 1.54) is 12.5 Å². The number of benzene rings is 1. The van der Waals surface area contributed by atoms with Crippen molar-refractivity contribution in [1.82, 2.24) is 10.2 Å². The molecule has 0 radical (unpaired) electrons. The third-order valence-electron chi connectivity index (χ3n) is 4.66. The van der Waals surface area contributed by atoms with Gasteiger partial charge in [0.2, 0.25) is 0 Å². The predicted octanol–water partition coefficient (Wildman–Crippen LogP) is 4.83. The number of hydrogen-bond acceptors (Lipinski definition) is 3. The molecule has 9 heteroatoms. The van der Waals surface area contributed by atoms with E-state index in [-0.39, 0.29) is 41.6 Å². The average molecular weight is 422 g/mol. The monoisotopic (exact) mass is 420 g/mol. The summed E-state index contributed by atoms with van der Waals surface area (Å²) in [6.45, 7) is 3.76. The molecule has 0 bridgehead atoms. The average Bonchev–Trinajstić information content (AvgIpc) is 2.44. The molecule has 0 unspecified atom stereocenters. The van der Waals surface area contributed by atoms with Crippen molar-refractivity contribution in [3.63, 3.8) is 0 Å². The van der Waals surface area contributed by atoms with Gasteiger partial charge in [-0.3, -0.25) is 4.90 Å². The highest BCUT2D eigenvalue weighted by Crippen LogP contribution is 2.43. The minimum atomic E-state index is -4.73. The minimum Gasteiger partial charge on any atom is -0.404 e. The Bertz CT molecular complexity index is 550. The summed E-state index contributed by atoms with van der Waals surface area (Å²) >= 11 is 6.03. The molecule has 1 aliphatic carbocycles. The largest absolute Gasteiger partial charge is 0.573 e. The van der Waals surface area contributed by atoms with Gasteiger partial charge in [0.1, 0.15) is 5.75 Å². The molecule has 1 saturated carbocycles. The zero-order valence-corrected chi connectivity index (χ0v) is 15.9. The van der Waals surface area contributed by atoms with E-state index < -0.39 is 6.36 Å². The van der Waals surface area contributed by atoms with Gasteiger partial charge >= 0.3 is 6.36 Å². The molecule has 1 saturated heterocycles. The molecular formula is C16H22Cl3F3N2O. The quantitative estimate of drug-likeness (QED) is 0.754. The smallest absolute Gasteiger partial charge is 0.404 e. The molecule has 1 aromatic rings. The highest BCUT2D eigenvalue weighted by atomic mass is 35.5. The fourth-order valence-electron chi connectivity index (χ4n) is 3.41. The molecule has 2 fully saturated rings. The van der Waals surface area contributed by atoms with Crippen LogP contribution in [0.3, 0.4) is 0 Å². The van der Waals surface area contributed by atoms with Crippen molar-refractivity contribution in [2.45, 2.75) is 31.7 Å². The molecule has 0 amide bonds. The van der Waals surface area contributed by atoms with Crippen molar-refractivity contribution in [2.24, 2.45) is 5.92 Å². The standard InChI is InChI=1S/C16H20ClF3N2O.2ClH/c17-13-10-12(4-5-14(13)23-16(18,19)20)15(11-2-1-3-11)22-8-6-21-7-9-22;;/h4-5,10-11,15,21H,1-3,6-9H2;2*1H/t15-;;/m1../s1. The number of hydrogen-bond donors (Lipinski definition) is 1. The Kier molecular flexibility index (Phi) is 8.61. The van der Waals surface area contributed by atoms with E-state index in [9.17, 15) is 13.2 Å². The topological polar surface area (TPSA) is 24.5 Å². The molecular weight excluding hydrogens is 400 g/mol. The van der Waals surface area contributed by atoms with Crippen LogP contribution in [-0.2, 0) is 0 Å². The zero-order valence-electron chi connectivity index (χ0n) is 13.5. The predicted molar refractivity (Wildman–Crippen MR) is 97.2 cm³/mol. The van der Waals surface area contributed by atoms with Crippen molar-refractivity contribution in [1.29, 1.82) is 0 Å². The molecule has 1 aromatic carbocycles. The van der Waals surface area contributed by atoms with Gasteiger partial charge in [-0.15, -0.1) is 38.0 Å². The second kappa shape index (κ2) is 9.51. The highest BCUT2D eigenvalue weighted by Gasteiger charge is 2.35. The number of nitrogens with one attached hydrogen (secondary N) is 1. The molecule has 1 N–H and O–H groups in total. The maximum absolute atomic E-state index is 12.4. The summed E-state index contributed by atoms with van der Waals surface area (Å²) in [7, 11) is 0. The van der Waals surface area contributed by atoms with E-state index in [1.54, 1.807) is 12.1 Å². The lowest BCUT2D eigenvalue weighted by Gasteiger charge is -2.43. The summed E-state index contributed by atoms with van der Waals surface area (Å²) in [5, 5.41) is 3.34. The summed E-state index contributed by atoms with van der Waals surface area (Å²) in [4.78, 5) is 2.41. The number of piperazine rings is 1. The van der Waals surface area contributed by atoms with Crippen molar-refractivity contribution in [2.75, 3.05) is 26.2 Å². The van der Waals surface area contributed by atoms with Gasteiger partial charge < -0.3 is 10.1 Å². The van der Waals surface area contributed by atoms with Crippen molar-refractivity contribution in [3.8, 4) is 5.75 Å². The number of rotatable bonds is 4. The Morgan fingerprint density at radius 1 is 1.16 bits per heavy atom. The van der Waals surface area contributed by atoms with Crippen LogP contribution in [0.15, 0.2) is 18.2 Å². The first-order valence-electron chi connectivity index (χ1n) is 7.94. The highest BCUT2D eigenvalue weighted by molar-refractivity contribution is 6.32. The first-order chi connectivity index (χ1) is 10.9. The van der Waals surface area contributed by atoms with Gasteiger partial charge in [-0.2, -0.15) is 0 Å². The van der Waals surface area contributed by atoms with Crippen LogP contribution in [0.2, 0.25) is 5.02 Å². The molecule has 25 heavy (non-hydrogen) atoms. The van der Waals surface area contributed by atoms with Crippen molar-refractivity contribution < 1.29 is 17.9 Å². The van der Waals surface area contributed by atoms with Crippen LogP contribution < -0.4 is 10.1 Å². The van der Waals surface area contributed by atoms with Gasteiger partial charge in [0.25, 0.3) is 0 Å². The Morgan fingerprint density at radius 2 is 1.80 bits per heavy atom. The van der Waals surface area contributed by atoms with Gasteiger partial charge in [-0.1, -0.05) is 24.1 Å². The van der Waals surface area contributed by atoms with E-state index in [4.69, 9.17) is 11.6 Å². The second-order valence-electron chi connectivity index (χ2n) is 6.16.